The van der Waals surface area contributed by atoms with Gasteiger partial charge in [0.2, 0.25) is 5.95 Å². The van der Waals surface area contributed by atoms with E-state index in [0.29, 0.717) is 39.3 Å². The Hall–Kier alpha value is -3.76. The molecule has 34 heavy (non-hydrogen) atoms. The number of hydrogen-bond donors (Lipinski definition) is 2. The lowest BCUT2D eigenvalue weighted by atomic mass is 10.1. The Kier molecular flexibility index (Phi) is 6.62. The van der Waals surface area contributed by atoms with Gasteiger partial charge in [0, 0.05) is 17.1 Å². The van der Waals surface area contributed by atoms with Crippen molar-refractivity contribution in [2.75, 3.05) is 14.2 Å². The molecule has 0 spiro atoms. The highest BCUT2D eigenvalue weighted by molar-refractivity contribution is 7.71. The van der Waals surface area contributed by atoms with Gasteiger partial charge in [-0.1, -0.05) is 23.7 Å². The molecule has 2 N–H and O–H groups in total. The Morgan fingerprint density at radius 2 is 2.03 bits per heavy atom. The molecule has 0 fully saturated rings. The molecule has 2 aromatic carbocycles. The summed E-state index contributed by atoms with van der Waals surface area (Å²) in [6, 6.07) is 10.5. The van der Waals surface area contributed by atoms with Gasteiger partial charge in [0.1, 0.15) is 0 Å². The molecule has 0 aliphatic heterocycles. The number of hydrogen-bond acceptors (Lipinski definition) is 7. The van der Waals surface area contributed by atoms with Crippen LogP contribution in [0.25, 0.3) is 16.9 Å². The summed E-state index contributed by atoms with van der Waals surface area (Å²) < 4.78 is 11.6. The van der Waals surface area contributed by atoms with E-state index in [1.54, 1.807) is 31.2 Å². The first-order valence-corrected chi connectivity index (χ1v) is 10.9. The SMILES string of the molecule is COc1cnc(-n2c(=S)[nH]c3cc(C(=O)NCc4cccc(Cl)c4)cc(C)c3c2=O)nc1OC. The number of aryl methyl sites for hydroxylation is 1. The minimum atomic E-state index is -0.422. The summed E-state index contributed by atoms with van der Waals surface area (Å²) in [5.74, 6) is 0.224. The van der Waals surface area contributed by atoms with Gasteiger partial charge >= 0.3 is 0 Å². The number of ether oxygens (including phenoxy) is 2. The zero-order chi connectivity index (χ0) is 24.4. The fraction of sp³-hybridized carbons (Fsp3) is 0.174. The van der Waals surface area contributed by atoms with Gasteiger partial charge in [-0.05, 0) is 54.5 Å². The third-order valence-corrected chi connectivity index (χ3v) is 5.64. The summed E-state index contributed by atoms with van der Waals surface area (Å²) in [5, 5.41) is 3.81. The molecule has 9 nitrogen and oxygen atoms in total. The number of H-pyrrole nitrogens is 1. The average molecular weight is 498 g/mol. The van der Waals surface area contributed by atoms with E-state index >= 15 is 0 Å². The van der Waals surface area contributed by atoms with Gasteiger partial charge in [0.05, 0.1) is 31.3 Å². The quantitative estimate of drug-likeness (QED) is 0.390. The summed E-state index contributed by atoms with van der Waals surface area (Å²) in [4.78, 5) is 37.6. The lowest BCUT2D eigenvalue weighted by Gasteiger charge is -2.12. The number of rotatable bonds is 6. The van der Waals surface area contributed by atoms with Gasteiger partial charge in [-0.25, -0.2) is 9.55 Å². The topological polar surface area (TPSA) is 111 Å². The highest BCUT2D eigenvalue weighted by Crippen LogP contribution is 2.24. The zero-order valence-corrected chi connectivity index (χ0v) is 20.1. The van der Waals surface area contributed by atoms with Crippen molar-refractivity contribution in [3.63, 3.8) is 0 Å². The van der Waals surface area contributed by atoms with Crippen LogP contribution < -0.4 is 20.3 Å². The number of aromatic amines is 1. The van der Waals surface area contributed by atoms with Crippen molar-refractivity contribution in [1.82, 2.24) is 24.8 Å². The summed E-state index contributed by atoms with van der Waals surface area (Å²) in [6.45, 7) is 2.05. The molecule has 0 unspecified atom stereocenters. The molecule has 0 aliphatic rings. The second-order valence-electron chi connectivity index (χ2n) is 7.35. The monoisotopic (exact) mass is 497 g/mol. The van der Waals surface area contributed by atoms with Crippen LogP contribution in [0.2, 0.25) is 5.02 Å². The van der Waals surface area contributed by atoms with Crippen molar-refractivity contribution in [3.05, 3.63) is 79.4 Å². The molecule has 0 saturated heterocycles. The average Bonchev–Trinajstić information content (AvgIpc) is 2.81. The number of carbonyl (C=O) groups is 1. The van der Waals surface area contributed by atoms with E-state index in [1.807, 2.05) is 12.1 Å². The van der Waals surface area contributed by atoms with Crippen LogP contribution in [0.5, 0.6) is 11.6 Å². The van der Waals surface area contributed by atoms with Crippen LogP contribution in [0.15, 0.2) is 47.4 Å². The Morgan fingerprint density at radius 1 is 1.24 bits per heavy atom. The minimum Gasteiger partial charge on any atom is -0.490 e. The molecule has 4 rings (SSSR count). The fourth-order valence-corrected chi connectivity index (χ4v) is 4.02. The maximum absolute atomic E-state index is 13.4. The smallest absolute Gasteiger partial charge is 0.269 e. The van der Waals surface area contributed by atoms with Gasteiger partial charge in [-0.3, -0.25) is 9.59 Å². The predicted molar refractivity (Wildman–Crippen MR) is 131 cm³/mol. The predicted octanol–water partition coefficient (Wildman–Crippen LogP) is 3.75. The van der Waals surface area contributed by atoms with Crippen LogP contribution >= 0.6 is 23.8 Å². The number of carbonyl (C=O) groups excluding carboxylic acids is 1. The second kappa shape index (κ2) is 9.62. The highest BCUT2D eigenvalue weighted by Gasteiger charge is 2.17. The fourth-order valence-electron chi connectivity index (χ4n) is 3.53. The summed E-state index contributed by atoms with van der Waals surface area (Å²) in [6.07, 6.45) is 1.40. The van der Waals surface area contributed by atoms with Crippen molar-refractivity contribution in [3.8, 4) is 17.6 Å². The number of amides is 1. The van der Waals surface area contributed by atoms with Gasteiger partial charge in [-0.15, -0.1) is 0 Å². The molecule has 174 valence electrons. The minimum absolute atomic E-state index is 0.0357. The van der Waals surface area contributed by atoms with E-state index in [-0.39, 0.29) is 22.5 Å². The lowest BCUT2D eigenvalue weighted by Crippen LogP contribution is -2.25. The van der Waals surface area contributed by atoms with Crippen LogP contribution in [0, 0.1) is 11.7 Å². The van der Waals surface area contributed by atoms with Crippen molar-refractivity contribution in [2.45, 2.75) is 13.5 Å². The number of aromatic nitrogens is 4. The molecular weight excluding hydrogens is 478 g/mol. The molecule has 11 heteroatoms. The van der Waals surface area contributed by atoms with Crippen molar-refractivity contribution < 1.29 is 14.3 Å². The van der Waals surface area contributed by atoms with E-state index in [0.717, 1.165) is 5.56 Å². The van der Waals surface area contributed by atoms with E-state index in [1.165, 1.54) is 25.0 Å². The lowest BCUT2D eigenvalue weighted by molar-refractivity contribution is 0.0951. The molecule has 0 saturated carbocycles. The number of halogens is 1. The Labute approximate surface area is 204 Å². The zero-order valence-electron chi connectivity index (χ0n) is 18.5. The van der Waals surface area contributed by atoms with E-state index in [4.69, 9.17) is 33.3 Å². The first-order chi connectivity index (χ1) is 16.3. The normalized spacial score (nSPS) is 10.8. The van der Waals surface area contributed by atoms with Gasteiger partial charge in [0.15, 0.2) is 10.5 Å². The summed E-state index contributed by atoms with van der Waals surface area (Å²) in [7, 11) is 2.89. The third kappa shape index (κ3) is 4.50. The molecule has 0 aliphatic carbocycles. The van der Waals surface area contributed by atoms with Crippen LogP contribution in [-0.4, -0.2) is 39.6 Å². The number of methoxy groups -OCH3 is 2. The maximum Gasteiger partial charge on any atom is 0.269 e. The summed E-state index contributed by atoms with van der Waals surface area (Å²) in [5.41, 5.74) is 1.86. The Morgan fingerprint density at radius 3 is 2.74 bits per heavy atom. The molecular formula is C23H20ClN5O4S. The molecule has 0 radical (unpaired) electrons. The number of fused-ring (bicyclic) bond motifs is 1. The third-order valence-electron chi connectivity index (χ3n) is 5.12. The number of nitrogens with one attached hydrogen (secondary N) is 2. The molecule has 4 aromatic rings. The molecule has 1 amide bonds. The van der Waals surface area contributed by atoms with Crippen molar-refractivity contribution in [2.24, 2.45) is 0 Å². The van der Waals surface area contributed by atoms with E-state index in [9.17, 15) is 9.59 Å². The highest BCUT2D eigenvalue weighted by atomic mass is 35.5. The second-order valence-corrected chi connectivity index (χ2v) is 8.17. The largest absolute Gasteiger partial charge is 0.490 e. The van der Waals surface area contributed by atoms with E-state index < -0.39 is 5.56 Å². The van der Waals surface area contributed by atoms with Crippen molar-refractivity contribution in [1.29, 1.82) is 0 Å². The Balaban J connectivity index is 1.72. The van der Waals surface area contributed by atoms with Crippen molar-refractivity contribution >= 4 is 40.6 Å². The first kappa shape index (κ1) is 23.4. The molecule has 0 bridgehead atoms. The molecule has 0 atom stereocenters. The summed E-state index contributed by atoms with van der Waals surface area (Å²) >= 11 is 11.4. The van der Waals surface area contributed by atoms with Crippen LogP contribution in [-0.2, 0) is 6.54 Å². The maximum atomic E-state index is 13.4. The van der Waals surface area contributed by atoms with Gasteiger partial charge in [0.25, 0.3) is 17.3 Å². The molecule has 2 heterocycles. The standard InChI is InChI=1S/C23H20ClN5O4S/c1-12-7-14(19(30)25-10-13-5-4-6-15(24)8-13)9-16-18(12)21(31)29(23(34)27-16)22-26-11-17(32-2)20(28-22)33-3/h4-9,11H,10H2,1-3H3,(H,25,30)(H,27,34). The van der Waals surface area contributed by atoms with Crippen LogP contribution in [0.3, 0.4) is 0 Å². The number of nitrogens with zero attached hydrogens (tertiary/aromatic N) is 3. The van der Waals surface area contributed by atoms with Gasteiger partial charge in [-0.2, -0.15) is 4.98 Å². The van der Waals surface area contributed by atoms with E-state index in [2.05, 4.69) is 20.3 Å². The number of benzene rings is 2. The van der Waals surface area contributed by atoms with Gasteiger partial charge < -0.3 is 19.8 Å². The molecule has 2 aromatic heterocycles. The Bertz CT molecular complexity index is 1530. The first-order valence-electron chi connectivity index (χ1n) is 10.1. The van der Waals surface area contributed by atoms with Crippen LogP contribution in [0.4, 0.5) is 0 Å². The van der Waals surface area contributed by atoms with Crippen LogP contribution in [0.1, 0.15) is 21.5 Å².